The van der Waals surface area contributed by atoms with Crippen molar-refractivity contribution in [2.45, 2.75) is 0 Å². The second-order valence-electron chi connectivity index (χ2n) is 3.84. The third kappa shape index (κ3) is 3.32. The second kappa shape index (κ2) is 5.83. The third-order valence-electron chi connectivity index (χ3n) is 2.42. The molecule has 0 radical (unpaired) electrons. The van der Waals surface area contributed by atoms with Crippen LogP contribution < -0.4 is 5.32 Å². The zero-order valence-corrected chi connectivity index (χ0v) is 10.2. The smallest absolute Gasteiger partial charge is 0.335 e. The molecular weight excluding hydrogens is 265 g/mol. The number of amides is 1. The fourth-order valence-electron chi connectivity index (χ4n) is 1.47. The van der Waals surface area contributed by atoms with E-state index < -0.39 is 17.7 Å². The lowest BCUT2D eigenvalue weighted by atomic mass is 10.2. The molecule has 2 N–H and O–H groups in total. The lowest BCUT2D eigenvalue weighted by molar-refractivity contribution is -0.111. The Balaban J connectivity index is 2.06. The molecule has 102 valence electrons. The summed E-state index contributed by atoms with van der Waals surface area (Å²) >= 11 is 0. The van der Waals surface area contributed by atoms with Crippen LogP contribution in [0.1, 0.15) is 16.1 Å². The average Bonchev–Trinajstić information content (AvgIpc) is 2.91. The van der Waals surface area contributed by atoms with Crippen LogP contribution in [0.25, 0.3) is 6.08 Å². The molecule has 6 heteroatoms. The van der Waals surface area contributed by atoms with Gasteiger partial charge in [-0.25, -0.2) is 9.18 Å². The van der Waals surface area contributed by atoms with E-state index in [9.17, 15) is 14.0 Å². The predicted octanol–water partition coefficient (Wildman–Crippen LogP) is 2.77. The first-order chi connectivity index (χ1) is 9.56. The number of furan rings is 1. The summed E-state index contributed by atoms with van der Waals surface area (Å²) in [6, 6.07) is 6.57. The summed E-state index contributed by atoms with van der Waals surface area (Å²) in [7, 11) is 0. The molecule has 1 amide bonds. The van der Waals surface area contributed by atoms with E-state index in [0.717, 1.165) is 6.07 Å². The summed E-state index contributed by atoms with van der Waals surface area (Å²) in [4.78, 5) is 22.2. The average molecular weight is 275 g/mol. The number of rotatable bonds is 4. The largest absolute Gasteiger partial charge is 0.478 e. The van der Waals surface area contributed by atoms with Gasteiger partial charge in [-0.3, -0.25) is 4.79 Å². The van der Waals surface area contributed by atoms with E-state index in [2.05, 4.69) is 5.32 Å². The van der Waals surface area contributed by atoms with Gasteiger partial charge >= 0.3 is 5.97 Å². The lowest BCUT2D eigenvalue weighted by Crippen LogP contribution is -2.10. The van der Waals surface area contributed by atoms with Crippen molar-refractivity contribution < 1.29 is 23.5 Å². The summed E-state index contributed by atoms with van der Waals surface area (Å²) in [5.41, 5.74) is -0.282. The number of carboxylic acid groups (broad SMARTS) is 1. The minimum Gasteiger partial charge on any atom is -0.478 e. The number of nitrogens with one attached hydrogen (secondary N) is 1. The van der Waals surface area contributed by atoms with E-state index in [1.54, 1.807) is 12.1 Å². The molecule has 0 atom stereocenters. The SMILES string of the molecule is O=C(C=Cc1ccco1)Nc1ccc(C(=O)O)cc1F. The maximum Gasteiger partial charge on any atom is 0.335 e. The summed E-state index contributed by atoms with van der Waals surface area (Å²) in [6.45, 7) is 0. The number of aromatic carboxylic acids is 1. The molecule has 2 rings (SSSR count). The number of carbonyl (C=O) groups excluding carboxylic acids is 1. The standard InChI is InChI=1S/C14H10FNO4/c15-11-8-9(14(18)19)3-5-12(11)16-13(17)6-4-10-2-1-7-20-10/h1-8H,(H,16,17)(H,18,19). The molecule has 20 heavy (non-hydrogen) atoms. The number of carbonyl (C=O) groups is 2. The highest BCUT2D eigenvalue weighted by Gasteiger charge is 2.09. The van der Waals surface area contributed by atoms with Gasteiger partial charge in [0, 0.05) is 6.08 Å². The molecule has 1 aromatic heterocycles. The molecule has 0 unspecified atom stereocenters. The van der Waals surface area contributed by atoms with Crippen LogP contribution in [-0.4, -0.2) is 17.0 Å². The van der Waals surface area contributed by atoms with Crippen molar-refractivity contribution in [3.8, 4) is 0 Å². The zero-order chi connectivity index (χ0) is 14.5. The van der Waals surface area contributed by atoms with Crippen molar-refractivity contribution in [1.29, 1.82) is 0 Å². The molecule has 0 bridgehead atoms. The minimum atomic E-state index is -1.24. The van der Waals surface area contributed by atoms with E-state index in [-0.39, 0.29) is 11.3 Å². The van der Waals surface area contributed by atoms with Crippen molar-refractivity contribution in [3.63, 3.8) is 0 Å². The number of hydrogen-bond donors (Lipinski definition) is 2. The number of halogens is 1. The van der Waals surface area contributed by atoms with Crippen LogP contribution in [0.4, 0.5) is 10.1 Å². The highest BCUT2D eigenvalue weighted by Crippen LogP contribution is 2.16. The normalized spacial score (nSPS) is 10.7. The van der Waals surface area contributed by atoms with Crippen molar-refractivity contribution in [2.24, 2.45) is 0 Å². The minimum absolute atomic E-state index is 0.0934. The Morgan fingerprint density at radius 3 is 2.70 bits per heavy atom. The van der Waals surface area contributed by atoms with Gasteiger partial charge < -0.3 is 14.8 Å². The van der Waals surface area contributed by atoms with Crippen LogP contribution in [0.15, 0.2) is 47.1 Å². The molecule has 0 aliphatic carbocycles. The van der Waals surface area contributed by atoms with Crippen LogP contribution in [0.5, 0.6) is 0 Å². The van der Waals surface area contributed by atoms with Crippen LogP contribution in [0.3, 0.4) is 0 Å². The maximum absolute atomic E-state index is 13.6. The Morgan fingerprint density at radius 2 is 2.10 bits per heavy atom. The van der Waals surface area contributed by atoms with E-state index >= 15 is 0 Å². The summed E-state index contributed by atoms with van der Waals surface area (Å²) in [5.74, 6) is -2.12. The molecular formula is C14H10FNO4. The number of anilines is 1. The molecule has 0 spiro atoms. The summed E-state index contributed by atoms with van der Waals surface area (Å²) in [6.07, 6.45) is 4.07. The third-order valence-corrected chi connectivity index (χ3v) is 2.42. The molecule has 0 aliphatic rings. The maximum atomic E-state index is 13.6. The van der Waals surface area contributed by atoms with Gasteiger partial charge in [-0.2, -0.15) is 0 Å². The number of carboxylic acids is 1. The number of benzene rings is 1. The molecule has 0 saturated heterocycles. The van der Waals surface area contributed by atoms with Crippen LogP contribution in [-0.2, 0) is 4.79 Å². The van der Waals surface area contributed by atoms with E-state index in [4.69, 9.17) is 9.52 Å². The van der Waals surface area contributed by atoms with E-state index in [0.29, 0.717) is 5.76 Å². The van der Waals surface area contributed by atoms with Crippen molar-refractivity contribution in [2.75, 3.05) is 5.32 Å². The lowest BCUT2D eigenvalue weighted by Gasteiger charge is -2.04. The predicted molar refractivity (Wildman–Crippen MR) is 69.7 cm³/mol. The van der Waals surface area contributed by atoms with Crippen LogP contribution >= 0.6 is 0 Å². The molecule has 5 nitrogen and oxygen atoms in total. The van der Waals surface area contributed by atoms with Gasteiger partial charge in [0.15, 0.2) is 0 Å². The van der Waals surface area contributed by atoms with Gasteiger partial charge in [-0.05, 0) is 36.4 Å². The first kappa shape index (κ1) is 13.5. The zero-order valence-electron chi connectivity index (χ0n) is 10.2. The Bertz CT molecular complexity index is 662. The van der Waals surface area contributed by atoms with Crippen molar-refractivity contribution in [1.82, 2.24) is 0 Å². The van der Waals surface area contributed by atoms with E-state index in [1.807, 2.05) is 0 Å². The van der Waals surface area contributed by atoms with Crippen LogP contribution in [0, 0.1) is 5.82 Å². The van der Waals surface area contributed by atoms with Crippen LogP contribution in [0.2, 0.25) is 0 Å². The molecule has 1 heterocycles. The molecule has 1 aromatic carbocycles. The quantitative estimate of drug-likeness (QED) is 0.841. The Morgan fingerprint density at radius 1 is 1.30 bits per heavy atom. The van der Waals surface area contributed by atoms with Gasteiger partial charge in [0.1, 0.15) is 11.6 Å². The highest BCUT2D eigenvalue weighted by molar-refractivity contribution is 6.02. The van der Waals surface area contributed by atoms with Gasteiger partial charge in [0.05, 0.1) is 17.5 Å². The van der Waals surface area contributed by atoms with Gasteiger partial charge in [0.25, 0.3) is 0 Å². The Labute approximate surface area is 113 Å². The van der Waals surface area contributed by atoms with Gasteiger partial charge in [-0.1, -0.05) is 0 Å². The molecule has 0 saturated carbocycles. The summed E-state index contributed by atoms with van der Waals surface area (Å²) in [5, 5.41) is 11.0. The molecule has 2 aromatic rings. The summed E-state index contributed by atoms with van der Waals surface area (Å²) < 4.78 is 18.6. The molecule has 0 aliphatic heterocycles. The topological polar surface area (TPSA) is 79.5 Å². The fourth-order valence-corrected chi connectivity index (χ4v) is 1.47. The van der Waals surface area contributed by atoms with E-state index in [1.165, 1.54) is 30.5 Å². The second-order valence-corrected chi connectivity index (χ2v) is 3.84. The highest BCUT2D eigenvalue weighted by atomic mass is 19.1. The first-order valence-corrected chi connectivity index (χ1v) is 5.61. The Kier molecular flexibility index (Phi) is 3.95. The monoisotopic (exact) mass is 275 g/mol. The first-order valence-electron chi connectivity index (χ1n) is 5.61. The van der Waals surface area contributed by atoms with Gasteiger partial charge in [0.2, 0.25) is 5.91 Å². The van der Waals surface area contributed by atoms with Crippen molar-refractivity contribution >= 4 is 23.6 Å². The fraction of sp³-hybridized carbons (Fsp3) is 0. The van der Waals surface area contributed by atoms with Crippen molar-refractivity contribution in [3.05, 3.63) is 59.8 Å². The Hall–Kier alpha value is -2.89. The number of hydrogen-bond acceptors (Lipinski definition) is 3. The molecule has 0 fully saturated rings. The van der Waals surface area contributed by atoms with Gasteiger partial charge in [-0.15, -0.1) is 0 Å².